The molecule has 282 valence electrons. The van der Waals surface area contributed by atoms with Gasteiger partial charge in [-0.05, 0) is 77.8 Å². The molecule has 13 heteroatoms. The number of carbonyl (C=O) groups excluding carboxylic acids is 2. The van der Waals surface area contributed by atoms with E-state index in [1.165, 1.54) is 5.56 Å². The Bertz CT molecular complexity index is 2410. The molecule has 1 aliphatic carbocycles. The number of benzene rings is 2. The van der Waals surface area contributed by atoms with E-state index in [2.05, 4.69) is 44.5 Å². The van der Waals surface area contributed by atoms with E-state index in [1.54, 1.807) is 23.9 Å². The number of ether oxygens (including phenoxy) is 1. The van der Waals surface area contributed by atoms with Gasteiger partial charge in [0.1, 0.15) is 5.65 Å². The molecular weight excluding hydrogens is 737 g/mol. The Morgan fingerprint density at radius 2 is 1.51 bits per heavy atom. The van der Waals surface area contributed by atoms with E-state index in [0.29, 0.717) is 71.9 Å². The Hall–Kier alpha value is -5.07. The van der Waals surface area contributed by atoms with Gasteiger partial charge < -0.3 is 26.0 Å². The first-order valence-electron chi connectivity index (χ1n) is 18.6. The number of methoxy groups -OCH3 is 1. The van der Waals surface area contributed by atoms with Gasteiger partial charge in [0.25, 0.3) is 5.56 Å². The number of hydrogen-bond donors (Lipinski definition) is 4. The monoisotopic (exact) mass is 777 g/mol. The molecule has 0 unspecified atom stereocenters. The Morgan fingerprint density at radius 1 is 0.836 bits per heavy atom. The number of nitrogens with one attached hydrogen (secondary N) is 4. The molecule has 2 aliphatic heterocycles. The quantitative estimate of drug-likeness (QED) is 0.122. The lowest BCUT2D eigenvalue weighted by molar-refractivity contribution is -0.120. The minimum absolute atomic E-state index is 0.0670. The summed E-state index contributed by atoms with van der Waals surface area (Å²) in [4.78, 5) is 45.8. The fraction of sp³-hybridized carbons (Fsp3) is 0.310. The lowest BCUT2D eigenvalue weighted by atomic mass is 9.93. The number of nitrogens with zero attached hydrogens (tertiary/aromatic N) is 3. The van der Waals surface area contributed by atoms with Crippen LogP contribution in [0.25, 0.3) is 39.6 Å². The summed E-state index contributed by atoms with van der Waals surface area (Å²) >= 11 is 14.0. The van der Waals surface area contributed by atoms with E-state index in [9.17, 15) is 14.4 Å². The largest absolute Gasteiger partial charge is 0.481 e. The molecular formula is C42H41Cl2N7O4. The average Bonchev–Trinajstić information content (AvgIpc) is 3.93. The standard InChI is InChI=1S/C42H41Cl2N7O4/c1-55-41-26(19-45-22-28-9-12-38(52)48-28)16-35(43)36(50-41)17-24-8-11-33-30(24)4-2-6-32(33)34-7-3-5-31(40(34)44)25-14-15-51-37(18-25)47-21-27(42(51)54)20-46-23-29-10-13-39(53)49-29/h2-7,14-18,21,28-29,45-46H,8-13,19-20,22-23H2,1H3,(H,48,52)(H,49,53)/b24-17-/t28-,29-/m0/s1. The van der Waals surface area contributed by atoms with Crippen LogP contribution in [0.4, 0.5) is 0 Å². The zero-order chi connectivity index (χ0) is 38.1. The van der Waals surface area contributed by atoms with E-state index in [1.807, 2.05) is 42.5 Å². The van der Waals surface area contributed by atoms with Crippen molar-refractivity contribution in [2.45, 2.75) is 63.7 Å². The summed E-state index contributed by atoms with van der Waals surface area (Å²) in [6.07, 6.45) is 9.78. The number of aromatic nitrogens is 3. The van der Waals surface area contributed by atoms with Crippen molar-refractivity contribution in [3.05, 3.63) is 115 Å². The van der Waals surface area contributed by atoms with Gasteiger partial charge in [-0.2, -0.15) is 0 Å². The highest BCUT2D eigenvalue weighted by Crippen LogP contribution is 2.44. The van der Waals surface area contributed by atoms with Gasteiger partial charge in [-0.1, -0.05) is 59.6 Å². The van der Waals surface area contributed by atoms with Crippen LogP contribution < -0.4 is 31.6 Å². The molecule has 55 heavy (non-hydrogen) atoms. The van der Waals surface area contributed by atoms with Gasteiger partial charge in [0.2, 0.25) is 17.7 Å². The van der Waals surface area contributed by atoms with Crippen molar-refractivity contribution in [3.63, 3.8) is 0 Å². The van der Waals surface area contributed by atoms with Crippen LogP contribution in [0, 0.1) is 0 Å². The minimum atomic E-state index is -0.141. The van der Waals surface area contributed by atoms with Gasteiger partial charge in [-0.25, -0.2) is 9.97 Å². The molecule has 2 amide bonds. The molecule has 11 nitrogen and oxygen atoms in total. The van der Waals surface area contributed by atoms with E-state index >= 15 is 0 Å². The molecule has 3 aliphatic rings. The molecule has 0 spiro atoms. The second-order valence-electron chi connectivity index (χ2n) is 14.3. The highest BCUT2D eigenvalue weighted by Gasteiger charge is 2.24. The predicted octanol–water partition coefficient (Wildman–Crippen LogP) is 5.96. The third-order valence-corrected chi connectivity index (χ3v) is 11.4. The maximum absolute atomic E-state index is 13.3. The predicted molar refractivity (Wildman–Crippen MR) is 215 cm³/mol. The topological polar surface area (TPSA) is 139 Å². The van der Waals surface area contributed by atoms with Crippen molar-refractivity contribution >= 4 is 52.3 Å². The molecule has 2 atom stereocenters. The number of carbonyl (C=O) groups is 2. The van der Waals surface area contributed by atoms with E-state index in [0.717, 1.165) is 64.6 Å². The summed E-state index contributed by atoms with van der Waals surface area (Å²) in [5, 5.41) is 13.7. The lowest BCUT2D eigenvalue weighted by Crippen LogP contribution is -2.36. The number of hydrogen-bond acceptors (Lipinski definition) is 8. The summed E-state index contributed by atoms with van der Waals surface area (Å²) < 4.78 is 7.21. The number of amides is 2. The molecule has 4 N–H and O–H groups in total. The molecule has 0 bridgehead atoms. The fourth-order valence-electron chi connectivity index (χ4n) is 7.83. The van der Waals surface area contributed by atoms with Crippen LogP contribution in [-0.4, -0.2) is 58.5 Å². The zero-order valence-corrected chi connectivity index (χ0v) is 31.9. The second-order valence-corrected chi connectivity index (χ2v) is 15.1. The normalized spacial score (nSPS) is 18.6. The van der Waals surface area contributed by atoms with Crippen molar-refractivity contribution in [2.75, 3.05) is 20.2 Å². The maximum atomic E-state index is 13.3. The van der Waals surface area contributed by atoms with Crippen LogP contribution in [0.3, 0.4) is 0 Å². The number of rotatable bonds is 12. The summed E-state index contributed by atoms with van der Waals surface area (Å²) in [6.45, 7) is 2.14. The van der Waals surface area contributed by atoms with Gasteiger partial charge in [0.15, 0.2) is 0 Å². The van der Waals surface area contributed by atoms with Crippen molar-refractivity contribution in [1.29, 1.82) is 0 Å². The third kappa shape index (κ3) is 7.75. The minimum Gasteiger partial charge on any atom is -0.481 e. The molecule has 2 saturated heterocycles. The average molecular weight is 779 g/mol. The number of fused-ring (bicyclic) bond motifs is 2. The smallest absolute Gasteiger partial charge is 0.262 e. The van der Waals surface area contributed by atoms with Gasteiger partial charge in [0, 0.05) is 85.8 Å². The van der Waals surface area contributed by atoms with Crippen molar-refractivity contribution in [3.8, 4) is 28.1 Å². The Morgan fingerprint density at radius 3 is 2.20 bits per heavy atom. The number of pyridine rings is 2. The van der Waals surface area contributed by atoms with Crippen LogP contribution in [0.15, 0.2) is 71.8 Å². The van der Waals surface area contributed by atoms with Gasteiger partial charge >= 0.3 is 0 Å². The zero-order valence-electron chi connectivity index (χ0n) is 30.4. The first kappa shape index (κ1) is 36.9. The van der Waals surface area contributed by atoms with E-state index in [-0.39, 0.29) is 29.5 Å². The van der Waals surface area contributed by atoms with Crippen molar-refractivity contribution in [1.82, 2.24) is 35.6 Å². The van der Waals surface area contributed by atoms with Crippen LogP contribution in [0.2, 0.25) is 10.0 Å². The maximum Gasteiger partial charge on any atom is 0.262 e. The number of allylic oxidation sites excluding steroid dienone is 1. The van der Waals surface area contributed by atoms with Gasteiger partial charge in [0.05, 0.1) is 22.8 Å². The summed E-state index contributed by atoms with van der Waals surface area (Å²) in [5.41, 5.74) is 9.59. The lowest BCUT2D eigenvalue weighted by Gasteiger charge is -2.15. The summed E-state index contributed by atoms with van der Waals surface area (Å²) in [5.74, 6) is 0.668. The Kier molecular flexibility index (Phi) is 10.7. The van der Waals surface area contributed by atoms with E-state index < -0.39 is 0 Å². The summed E-state index contributed by atoms with van der Waals surface area (Å²) in [7, 11) is 1.61. The Labute approximate surface area is 328 Å². The first-order valence-corrected chi connectivity index (χ1v) is 19.4. The Balaban J connectivity index is 1.01. The molecule has 2 fully saturated rings. The summed E-state index contributed by atoms with van der Waals surface area (Å²) in [6, 6.07) is 18.2. The highest BCUT2D eigenvalue weighted by molar-refractivity contribution is 6.36. The molecule has 3 aromatic heterocycles. The molecule has 5 aromatic rings. The van der Waals surface area contributed by atoms with Crippen LogP contribution in [0.5, 0.6) is 5.88 Å². The van der Waals surface area contributed by atoms with Gasteiger partial charge in [-0.3, -0.25) is 18.8 Å². The molecule has 5 heterocycles. The highest BCUT2D eigenvalue weighted by atomic mass is 35.5. The molecule has 0 saturated carbocycles. The van der Waals surface area contributed by atoms with Crippen molar-refractivity contribution in [2.24, 2.45) is 0 Å². The van der Waals surface area contributed by atoms with Gasteiger partial charge in [-0.15, -0.1) is 0 Å². The van der Waals surface area contributed by atoms with Crippen molar-refractivity contribution < 1.29 is 14.3 Å². The van der Waals surface area contributed by atoms with Crippen LogP contribution in [0.1, 0.15) is 60.1 Å². The molecule has 2 aromatic carbocycles. The van der Waals surface area contributed by atoms with Crippen LogP contribution in [-0.2, 0) is 29.1 Å². The molecule has 8 rings (SSSR count). The SMILES string of the molecule is COc1nc(/C=C2/CCc3c2cccc3-c2cccc(-c3ccn4c(=O)c(CNC[C@@H]5CCC(=O)N5)cnc4c3)c2Cl)c(Cl)cc1CNC[C@@H]1CCC(=O)N1. The molecule has 0 radical (unpaired) electrons. The second kappa shape index (κ2) is 16.0. The third-order valence-electron chi connectivity index (χ3n) is 10.7. The van der Waals surface area contributed by atoms with E-state index in [4.69, 9.17) is 32.9 Å². The first-order chi connectivity index (χ1) is 26.7. The van der Waals surface area contributed by atoms with Crippen LogP contribution >= 0.6 is 23.2 Å². The fourth-order valence-corrected chi connectivity index (χ4v) is 8.40. The number of halogens is 2.